The second-order valence-electron chi connectivity index (χ2n) is 9.90. The summed E-state index contributed by atoms with van der Waals surface area (Å²) in [5, 5.41) is 5.89. The van der Waals surface area contributed by atoms with Crippen molar-refractivity contribution in [1.29, 1.82) is 0 Å². The zero-order valence-corrected chi connectivity index (χ0v) is 19.9. The van der Waals surface area contributed by atoms with E-state index in [4.69, 9.17) is 9.84 Å². The molecule has 30 heavy (non-hydrogen) atoms. The van der Waals surface area contributed by atoms with Gasteiger partial charge in [0.15, 0.2) is 0 Å². The van der Waals surface area contributed by atoms with Crippen LogP contribution in [0.1, 0.15) is 30.9 Å². The lowest BCUT2D eigenvalue weighted by Gasteiger charge is -2.32. The number of aromatic nitrogens is 2. The summed E-state index contributed by atoms with van der Waals surface area (Å²) in [5.74, 6) is 0. The number of rotatable bonds is 7. The van der Waals surface area contributed by atoms with Gasteiger partial charge in [0, 0.05) is 32.3 Å². The van der Waals surface area contributed by atoms with Gasteiger partial charge in [-0.1, -0.05) is 62.5 Å². The van der Waals surface area contributed by atoms with Crippen LogP contribution >= 0.6 is 0 Å². The Morgan fingerprint density at radius 2 is 1.80 bits per heavy atom. The smallest absolute Gasteiger partial charge is 0.139 e. The van der Waals surface area contributed by atoms with Crippen LogP contribution in [0.25, 0.3) is 22.0 Å². The number of benzene rings is 2. The van der Waals surface area contributed by atoms with E-state index >= 15 is 0 Å². The van der Waals surface area contributed by atoms with Gasteiger partial charge >= 0.3 is 0 Å². The van der Waals surface area contributed by atoms with Gasteiger partial charge in [-0.15, -0.1) is 0 Å². The van der Waals surface area contributed by atoms with Crippen molar-refractivity contribution in [3.05, 3.63) is 54.2 Å². The van der Waals surface area contributed by atoms with E-state index in [1.54, 1.807) is 0 Å². The van der Waals surface area contributed by atoms with Crippen LogP contribution in [-0.2, 0) is 11.5 Å². The van der Waals surface area contributed by atoms with Crippen molar-refractivity contribution in [1.82, 2.24) is 14.7 Å². The van der Waals surface area contributed by atoms with Gasteiger partial charge in [-0.2, -0.15) is 5.10 Å². The van der Waals surface area contributed by atoms with Crippen LogP contribution in [-0.4, -0.2) is 43.0 Å². The largest absolute Gasteiger partial charge is 0.360 e. The fraction of sp³-hybridized carbons (Fsp3) is 0.480. The molecule has 0 bridgehead atoms. The monoisotopic (exact) mass is 421 g/mol. The molecule has 0 N–H and O–H groups in total. The van der Waals surface area contributed by atoms with Crippen LogP contribution in [0.15, 0.2) is 48.7 Å². The third-order valence-electron chi connectivity index (χ3n) is 6.17. The minimum atomic E-state index is -1.05. The number of hydrogen-bond acceptors (Lipinski definition) is 3. The van der Waals surface area contributed by atoms with Crippen LogP contribution < -0.4 is 0 Å². The van der Waals surface area contributed by atoms with Crippen LogP contribution in [0.5, 0.6) is 0 Å². The molecule has 1 atom stereocenters. The Labute approximate surface area is 181 Å². The summed E-state index contributed by atoms with van der Waals surface area (Å²) in [6.07, 6.45) is 5.99. The van der Waals surface area contributed by atoms with E-state index in [1.165, 1.54) is 48.5 Å². The maximum absolute atomic E-state index is 5.85. The first-order valence-electron chi connectivity index (χ1n) is 11.2. The summed E-state index contributed by atoms with van der Waals surface area (Å²) < 4.78 is 7.77. The van der Waals surface area contributed by atoms with Crippen molar-refractivity contribution in [3.8, 4) is 11.1 Å². The minimum absolute atomic E-state index is 0.526. The van der Waals surface area contributed by atoms with Gasteiger partial charge in [-0.3, -0.25) is 4.90 Å². The molecule has 1 aliphatic rings. The van der Waals surface area contributed by atoms with Crippen molar-refractivity contribution in [2.24, 2.45) is 0 Å². The first kappa shape index (κ1) is 21.3. The molecule has 2 aromatic carbocycles. The van der Waals surface area contributed by atoms with Crippen molar-refractivity contribution >= 4 is 19.0 Å². The number of likely N-dealkylation sites (tertiary alicyclic amines) is 1. The third kappa shape index (κ3) is 5.20. The summed E-state index contributed by atoms with van der Waals surface area (Å²) in [6, 6.07) is 17.4. The molecule has 0 radical (unpaired) electrons. The third-order valence-corrected chi connectivity index (χ3v) is 7.88. The number of ether oxygens (including phenoxy) is 1. The van der Waals surface area contributed by atoms with Gasteiger partial charge in [0.1, 0.15) is 6.73 Å². The van der Waals surface area contributed by atoms with E-state index in [0.29, 0.717) is 12.8 Å². The maximum atomic E-state index is 5.85. The molecule has 5 heteroatoms. The lowest BCUT2D eigenvalue weighted by Crippen LogP contribution is -2.29. The highest BCUT2D eigenvalue weighted by molar-refractivity contribution is 6.76. The van der Waals surface area contributed by atoms with E-state index in [0.717, 1.165) is 17.5 Å². The van der Waals surface area contributed by atoms with Crippen LogP contribution in [0.3, 0.4) is 0 Å². The molecule has 1 aromatic heterocycles. The predicted octanol–water partition coefficient (Wildman–Crippen LogP) is 6.17. The van der Waals surface area contributed by atoms with Gasteiger partial charge in [0.25, 0.3) is 0 Å². The maximum Gasteiger partial charge on any atom is 0.139 e. The number of fused-ring (bicyclic) bond motifs is 1. The number of hydrogen-bond donors (Lipinski definition) is 0. The highest BCUT2D eigenvalue weighted by Gasteiger charge is 2.20. The lowest BCUT2D eigenvalue weighted by atomic mass is 9.94. The van der Waals surface area contributed by atoms with Gasteiger partial charge in [-0.05, 0) is 55.2 Å². The van der Waals surface area contributed by atoms with Crippen LogP contribution in [0.2, 0.25) is 25.7 Å². The quantitative estimate of drug-likeness (QED) is 0.337. The van der Waals surface area contributed by atoms with E-state index in [2.05, 4.69) is 80.3 Å². The minimum Gasteiger partial charge on any atom is -0.360 e. The normalized spacial score (nSPS) is 18.2. The average molecular weight is 422 g/mol. The molecule has 4 rings (SSSR count). The standard InChI is InChI=1S/C25H35N3OSi/c1-27-14-6-5-7-25(27)21-10-8-20(9-11-21)22-12-13-23-18-28(26-24(23)17-22)19-29-15-16-30(2,3)4/h8-13,17-18,25H,5-7,14-16,19H2,1-4H3. The van der Waals surface area contributed by atoms with Crippen molar-refractivity contribution in [2.75, 3.05) is 20.2 Å². The molecule has 160 valence electrons. The van der Waals surface area contributed by atoms with Gasteiger partial charge in [-0.25, -0.2) is 4.68 Å². The van der Waals surface area contributed by atoms with Crippen LogP contribution in [0, 0.1) is 0 Å². The highest BCUT2D eigenvalue weighted by Crippen LogP contribution is 2.31. The molecule has 0 spiro atoms. The Morgan fingerprint density at radius 3 is 2.53 bits per heavy atom. The van der Waals surface area contributed by atoms with E-state index in [1.807, 2.05) is 4.68 Å². The number of piperidine rings is 1. The fourth-order valence-corrected chi connectivity index (χ4v) is 5.00. The second-order valence-corrected chi connectivity index (χ2v) is 15.5. The van der Waals surface area contributed by atoms with E-state index in [-0.39, 0.29) is 0 Å². The molecule has 0 aliphatic carbocycles. The van der Waals surface area contributed by atoms with Crippen molar-refractivity contribution < 1.29 is 4.74 Å². The summed E-state index contributed by atoms with van der Waals surface area (Å²) in [5.41, 5.74) is 4.93. The molecule has 2 heterocycles. The summed E-state index contributed by atoms with van der Waals surface area (Å²) in [6.45, 7) is 9.67. The summed E-state index contributed by atoms with van der Waals surface area (Å²) in [4.78, 5) is 2.49. The predicted molar refractivity (Wildman–Crippen MR) is 128 cm³/mol. The van der Waals surface area contributed by atoms with Crippen LogP contribution in [0.4, 0.5) is 0 Å². The van der Waals surface area contributed by atoms with E-state index in [9.17, 15) is 0 Å². The van der Waals surface area contributed by atoms with Crippen molar-refractivity contribution in [3.63, 3.8) is 0 Å². The topological polar surface area (TPSA) is 30.3 Å². The average Bonchev–Trinajstić information content (AvgIpc) is 3.13. The van der Waals surface area contributed by atoms with Gasteiger partial charge < -0.3 is 4.74 Å². The molecule has 1 unspecified atom stereocenters. The van der Waals surface area contributed by atoms with E-state index < -0.39 is 8.07 Å². The van der Waals surface area contributed by atoms with Crippen molar-refractivity contribution in [2.45, 2.75) is 57.7 Å². The highest BCUT2D eigenvalue weighted by atomic mass is 28.3. The Balaban J connectivity index is 1.44. The summed E-state index contributed by atoms with van der Waals surface area (Å²) >= 11 is 0. The molecular weight excluding hydrogens is 386 g/mol. The SMILES string of the molecule is CN1CCCCC1c1ccc(-c2ccc3cn(COCC[Si](C)(C)C)nc3c2)cc1. The summed E-state index contributed by atoms with van der Waals surface area (Å²) in [7, 11) is 1.20. The zero-order valence-electron chi connectivity index (χ0n) is 18.9. The first-order chi connectivity index (χ1) is 14.4. The molecule has 4 nitrogen and oxygen atoms in total. The number of nitrogens with zero attached hydrogens (tertiary/aromatic N) is 3. The van der Waals surface area contributed by atoms with Gasteiger partial charge in [0.05, 0.1) is 5.52 Å². The molecular formula is C25H35N3OSi. The van der Waals surface area contributed by atoms with Gasteiger partial charge in [0.2, 0.25) is 0 Å². The molecule has 0 amide bonds. The molecule has 0 saturated carbocycles. The molecule has 1 saturated heterocycles. The Morgan fingerprint density at radius 1 is 1.03 bits per heavy atom. The molecule has 1 fully saturated rings. The zero-order chi connectivity index (χ0) is 21.1. The molecule has 3 aromatic rings. The lowest BCUT2D eigenvalue weighted by molar-refractivity contribution is 0.0791. The fourth-order valence-electron chi connectivity index (χ4n) is 4.24. The Hall–Kier alpha value is -1.95. The molecule has 1 aliphatic heterocycles. The Bertz CT molecular complexity index is 974. The Kier molecular flexibility index (Phi) is 6.42. The first-order valence-corrected chi connectivity index (χ1v) is 15.0. The second kappa shape index (κ2) is 9.04.